The lowest BCUT2D eigenvalue weighted by Crippen LogP contribution is -2.35. The highest BCUT2D eigenvalue weighted by Crippen LogP contribution is 2.29. The Bertz CT molecular complexity index is 112. The van der Waals surface area contributed by atoms with Crippen molar-refractivity contribution >= 4 is 12.4 Å². The molecule has 1 N–H and O–H groups in total. The molecule has 0 spiro atoms. The van der Waals surface area contributed by atoms with Crippen molar-refractivity contribution in [2.24, 2.45) is 0 Å². The van der Waals surface area contributed by atoms with Gasteiger partial charge in [0.05, 0.1) is 0 Å². The average molecular weight is 146 g/mol. The summed E-state index contributed by atoms with van der Waals surface area (Å²) in [6, 6.07) is 0. The van der Waals surface area contributed by atoms with E-state index >= 15 is 0 Å². The Morgan fingerprint density at radius 3 is 1.78 bits per heavy atom. The zero-order valence-electron chi connectivity index (χ0n) is 5.44. The molecule has 1 heterocycles. The number of hydrogen-bond donors (Lipinski definition) is 1. The van der Waals surface area contributed by atoms with Gasteiger partial charge in [-0.2, -0.15) is 0 Å². The fraction of sp³-hybridized carbons (Fsp3) is 0.714. The van der Waals surface area contributed by atoms with Crippen LogP contribution in [0.1, 0.15) is 19.3 Å². The van der Waals surface area contributed by atoms with Crippen LogP contribution in [0.5, 0.6) is 0 Å². The fourth-order valence-corrected chi connectivity index (χ4v) is 1.21. The van der Waals surface area contributed by atoms with Crippen LogP contribution in [0, 0.1) is 0 Å². The lowest BCUT2D eigenvalue weighted by molar-refractivity contribution is 0.582. The Morgan fingerprint density at radius 1 is 1.00 bits per heavy atom. The highest BCUT2D eigenvalue weighted by Gasteiger charge is 2.17. The Morgan fingerprint density at radius 2 is 1.67 bits per heavy atom. The maximum Gasteiger partial charge on any atom is 0.0183 e. The van der Waals surface area contributed by atoms with E-state index in [-0.39, 0.29) is 12.4 Å². The summed E-state index contributed by atoms with van der Waals surface area (Å²) in [5, 5.41) is 3.25. The minimum absolute atomic E-state index is 0. The average Bonchev–Trinajstić information content (AvgIpc) is 1.47. The maximum atomic E-state index is 3.25. The first-order valence-corrected chi connectivity index (χ1v) is 3.37. The summed E-state index contributed by atoms with van der Waals surface area (Å²) in [6.07, 6.45) is 4.24. The molecular weight excluding hydrogens is 134 g/mol. The van der Waals surface area contributed by atoms with Crippen molar-refractivity contribution in [3.8, 4) is 0 Å². The van der Waals surface area contributed by atoms with E-state index in [1.54, 1.807) is 11.1 Å². The van der Waals surface area contributed by atoms with Crippen LogP contribution < -0.4 is 5.32 Å². The third-order valence-corrected chi connectivity index (χ3v) is 2.13. The molecule has 0 amide bonds. The molecule has 1 nitrogen and oxygen atoms in total. The molecule has 1 aliphatic heterocycles. The third-order valence-electron chi connectivity index (χ3n) is 2.13. The predicted octanol–water partition coefficient (Wildman–Crippen LogP) is 1.49. The second-order valence-electron chi connectivity index (χ2n) is 2.66. The third kappa shape index (κ3) is 1.12. The number of hydrogen-bond acceptors (Lipinski definition) is 1. The Balaban J connectivity index is 0.000000405. The van der Waals surface area contributed by atoms with Gasteiger partial charge in [0.1, 0.15) is 0 Å². The summed E-state index contributed by atoms with van der Waals surface area (Å²) in [6.45, 7) is 2.38. The number of allylic oxidation sites excluding steroid dienone is 1. The Kier molecular flexibility index (Phi) is 2.14. The summed E-state index contributed by atoms with van der Waals surface area (Å²) in [5.74, 6) is 0. The van der Waals surface area contributed by atoms with Crippen LogP contribution in [0.25, 0.3) is 0 Å². The van der Waals surface area contributed by atoms with Gasteiger partial charge >= 0.3 is 0 Å². The van der Waals surface area contributed by atoms with Gasteiger partial charge in [-0.05, 0) is 24.8 Å². The molecule has 0 aromatic rings. The van der Waals surface area contributed by atoms with E-state index in [0.29, 0.717) is 0 Å². The molecule has 1 saturated heterocycles. The molecule has 52 valence electrons. The number of rotatable bonds is 0. The maximum absolute atomic E-state index is 3.25. The van der Waals surface area contributed by atoms with Crippen molar-refractivity contribution in [1.29, 1.82) is 0 Å². The molecule has 1 saturated carbocycles. The lowest BCUT2D eigenvalue weighted by Gasteiger charge is -2.28. The van der Waals surface area contributed by atoms with Crippen molar-refractivity contribution < 1.29 is 0 Å². The highest BCUT2D eigenvalue weighted by atomic mass is 35.5. The lowest BCUT2D eigenvalue weighted by atomic mass is 9.86. The molecule has 0 aromatic carbocycles. The van der Waals surface area contributed by atoms with Gasteiger partial charge in [0.15, 0.2) is 0 Å². The molecule has 2 fully saturated rings. The highest BCUT2D eigenvalue weighted by molar-refractivity contribution is 5.85. The summed E-state index contributed by atoms with van der Waals surface area (Å²) < 4.78 is 0. The molecule has 1 aliphatic carbocycles. The van der Waals surface area contributed by atoms with Crippen molar-refractivity contribution in [2.45, 2.75) is 19.3 Å². The van der Waals surface area contributed by atoms with Crippen LogP contribution in [-0.2, 0) is 0 Å². The van der Waals surface area contributed by atoms with Gasteiger partial charge in [-0.15, -0.1) is 12.4 Å². The van der Waals surface area contributed by atoms with E-state index < -0.39 is 0 Å². The van der Waals surface area contributed by atoms with Gasteiger partial charge in [-0.1, -0.05) is 5.57 Å². The Hall–Kier alpha value is -0.0100. The van der Waals surface area contributed by atoms with Gasteiger partial charge in [0, 0.05) is 13.1 Å². The summed E-state index contributed by atoms with van der Waals surface area (Å²) in [7, 11) is 0. The van der Waals surface area contributed by atoms with Gasteiger partial charge in [-0.25, -0.2) is 0 Å². The van der Waals surface area contributed by atoms with Gasteiger partial charge in [0.25, 0.3) is 0 Å². The number of nitrogens with one attached hydrogen (secondary N) is 1. The molecule has 0 unspecified atom stereocenters. The Labute approximate surface area is 61.9 Å². The first kappa shape index (κ1) is 7.10. The van der Waals surface area contributed by atoms with Crippen LogP contribution in [0.4, 0.5) is 0 Å². The van der Waals surface area contributed by atoms with Gasteiger partial charge in [0.2, 0.25) is 0 Å². The van der Waals surface area contributed by atoms with E-state index in [0.717, 1.165) is 0 Å². The van der Waals surface area contributed by atoms with Crippen molar-refractivity contribution in [1.82, 2.24) is 5.32 Å². The fourth-order valence-electron chi connectivity index (χ4n) is 1.21. The predicted molar refractivity (Wildman–Crippen MR) is 41.0 cm³/mol. The monoisotopic (exact) mass is 145 g/mol. The first-order valence-electron chi connectivity index (χ1n) is 3.37. The molecular formula is C7H12ClN. The molecule has 0 bridgehead atoms. The van der Waals surface area contributed by atoms with E-state index in [9.17, 15) is 0 Å². The second-order valence-corrected chi connectivity index (χ2v) is 2.66. The molecule has 2 aliphatic rings. The topological polar surface area (TPSA) is 12.0 Å². The summed E-state index contributed by atoms with van der Waals surface area (Å²) in [5.41, 5.74) is 3.46. The number of halogens is 1. The zero-order chi connectivity index (χ0) is 5.40. The van der Waals surface area contributed by atoms with E-state index in [1.165, 1.54) is 32.4 Å². The zero-order valence-corrected chi connectivity index (χ0v) is 6.26. The largest absolute Gasteiger partial charge is 0.309 e. The van der Waals surface area contributed by atoms with Crippen LogP contribution >= 0.6 is 12.4 Å². The van der Waals surface area contributed by atoms with Crippen LogP contribution in [-0.4, -0.2) is 13.1 Å². The minimum atomic E-state index is 0. The molecule has 0 atom stereocenters. The minimum Gasteiger partial charge on any atom is -0.309 e. The summed E-state index contributed by atoms with van der Waals surface area (Å²) >= 11 is 0. The van der Waals surface area contributed by atoms with Gasteiger partial charge < -0.3 is 5.32 Å². The first-order chi connectivity index (χ1) is 3.97. The van der Waals surface area contributed by atoms with Crippen molar-refractivity contribution in [2.75, 3.05) is 13.1 Å². The van der Waals surface area contributed by atoms with Crippen molar-refractivity contribution in [3.63, 3.8) is 0 Å². The SMILES string of the molecule is C1CC(=C2CNC2)C1.Cl. The molecule has 0 aromatic heterocycles. The van der Waals surface area contributed by atoms with E-state index in [2.05, 4.69) is 5.32 Å². The molecule has 2 rings (SSSR count). The van der Waals surface area contributed by atoms with E-state index in [1.807, 2.05) is 0 Å². The van der Waals surface area contributed by atoms with E-state index in [4.69, 9.17) is 0 Å². The molecule has 0 radical (unpaired) electrons. The van der Waals surface area contributed by atoms with Crippen molar-refractivity contribution in [3.05, 3.63) is 11.1 Å². The molecule has 9 heavy (non-hydrogen) atoms. The second kappa shape index (κ2) is 2.72. The standard InChI is InChI=1S/C7H11N.ClH/c1-2-6(3-1)7-4-8-5-7;/h8H,1-5H2;1H. The molecule has 2 heteroatoms. The quantitative estimate of drug-likeness (QED) is 0.510. The van der Waals surface area contributed by atoms with Crippen LogP contribution in [0.3, 0.4) is 0 Å². The van der Waals surface area contributed by atoms with Gasteiger partial charge in [-0.3, -0.25) is 0 Å². The smallest absolute Gasteiger partial charge is 0.0183 e. The van der Waals surface area contributed by atoms with Crippen LogP contribution in [0.2, 0.25) is 0 Å². The summed E-state index contributed by atoms with van der Waals surface area (Å²) in [4.78, 5) is 0. The van der Waals surface area contributed by atoms with Crippen LogP contribution in [0.15, 0.2) is 11.1 Å². The normalized spacial score (nSPS) is 24.0.